The van der Waals surface area contributed by atoms with Crippen molar-refractivity contribution >= 4 is 17.1 Å². The van der Waals surface area contributed by atoms with Crippen LogP contribution in [0.4, 0.5) is 5.95 Å². The molecular weight excluding hydrogens is 218 g/mol. The lowest BCUT2D eigenvalue weighted by Gasteiger charge is -2.07. The molecule has 0 amide bonds. The lowest BCUT2D eigenvalue weighted by atomic mass is 10.1. The van der Waals surface area contributed by atoms with Gasteiger partial charge in [-0.1, -0.05) is 20.3 Å². The molecule has 1 unspecified atom stereocenters. The smallest absolute Gasteiger partial charge is 0.280 e. The van der Waals surface area contributed by atoms with Crippen LogP contribution in [0.15, 0.2) is 4.79 Å². The number of aromatic nitrogens is 4. The number of rotatable bonds is 3. The molecule has 6 nitrogen and oxygen atoms in total. The highest BCUT2D eigenvalue weighted by atomic mass is 16.1. The standard InChI is InChI=1S/C11H17N5O/c1-4-6(2)5-7-13-8-9(16(7)3)14-11(12)15-10(8)17/h6H,4-5H2,1-3H3,(H3,12,14,15,17). The quantitative estimate of drug-likeness (QED) is 0.824. The summed E-state index contributed by atoms with van der Waals surface area (Å²) in [6.07, 6.45) is 1.91. The molecule has 0 aliphatic heterocycles. The van der Waals surface area contributed by atoms with E-state index in [2.05, 4.69) is 28.8 Å². The molecular formula is C11H17N5O. The van der Waals surface area contributed by atoms with Crippen LogP contribution in [-0.2, 0) is 13.5 Å². The zero-order valence-corrected chi connectivity index (χ0v) is 10.3. The van der Waals surface area contributed by atoms with Crippen LogP contribution in [0.3, 0.4) is 0 Å². The molecule has 2 aromatic rings. The third kappa shape index (κ3) is 2.02. The number of nitrogen functional groups attached to an aromatic ring is 1. The van der Waals surface area contributed by atoms with Gasteiger partial charge in [-0.15, -0.1) is 0 Å². The van der Waals surface area contributed by atoms with Crippen LogP contribution in [0.2, 0.25) is 0 Å². The number of hydrogen-bond acceptors (Lipinski definition) is 4. The maximum absolute atomic E-state index is 11.7. The van der Waals surface area contributed by atoms with Crippen LogP contribution in [0.5, 0.6) is 0 Å². The summed E-state index contributed by atoms with van der Waals surface area (Å²) in [4.78, 5) is 22.6. The van der Waals surface area contributed by atoms with Gasteiger partial charge in [-0.2, -0.15) is 4.98 Å². The number of nitrogens with two attached hydrogens (primary N) is 1. The van der Waals surface area contributed by atoms with E-state index in [9.17, 15) is 4.79 Å². The van der Waals surface area contributed by atoms with Gasteiger partial charge in [-0.05, 0) is 5.92 Å². The van der Waals surface area contributed by atoms with Gasteiger partial charge in [0.2, 0.25) is 5.95 Å². The average Bonchev–Trinajstić information content (AvgIpc) is 2.57. The Balaban J connectivity index is 2.57. The molecule has 2 aromatic heterocycles. The second-order valence-corrected chi connectivity index (χ2v) is 4.43. The molecule has 0 aromatic carbocycles. The lowest BCUT2D eigenvalue weighted by Crippen LogP contribution is -2.11. The number of aryl methyl sites for hydroxylation is 1. The predicted octanol–water partition coefficient (Wildman–Crippen LogP) is 0.827. The molecule has 0 fully saturated rings. The number of aromatic amines is 1. The van der Waals surface area contributed by atoms with Gasteiger partial charge in [-0.25, -0.2) is 4.98 Å². The maximum atomic E-state index is 11.7. The Morgan fingerprint density at radius 1 is 1.47 bits per heavy atom. The van der Waals surface area contributed by atoms with Gasteiger partial charge in [0, 0.05) is 13.5 Å². The molecule has 0 bridgehead atoms. The van der Waals surface area contributed by atoms with Gasteiger partial charge in [-0.3, -0.25) is 9.78 Å². The van der Waals surface area contributed by atoms with Gasteiger partial charge in [0.1, 0.15) is 5.82 Å². The van der Waals surface area contributed by atoms with E-state index in [0.717, 1.165) is 18.7 Å². The first-order chi connectivity index (χ1) is 8.02. The van der Waals surface area contributed by atoms with Crippen molar-refractivity contribution in [1.82, 2.24) is 19.5 Å². The summed E-state index contributed by atoms with van der Waals surface area (Å²) in [5.74, 6) is 1.53. The summed E-state index contributed by atoms with van der Waals surface area (Å²) in [7, 11) is 1.86. The van der Waals surface area contributed by atoms with Gasteiger partial charge < -0.3 is 10.3 Å². The Hall–Kier alpha value is -1.85. The molecule has 0 aliphatic carbocycles. The molecule has 6 heteroatoms. The van der Waals surface area contributed by atoms with Crippen LogP contribution in [0.25, 0.3) is 11.2 Å². The maximum Gasteiger partial charge on any atom is 0.280 e. The SMILES string of the molecule is CCC(C)Cc1nc2c(=O)[nH]c(N)nc2n1C. The highest BCUT2D eigenvalue weighted by molar-refractivity contribution is 5.71. The van der Waals surface area contributed by atoms with E-state index in [4.69, 9.17) is 5.73 Å². The fraction of sp³-hybridized carbons (Fsp3) is 0.545. The Morgan fingerprint density at radius 2 is 2.18 bits per heavy atom. The van der Waals surface area contributed by atoms with E-state index < -0.39 is 0 Å². The summed E-state index contributed by atoms with van der Waals surface area (Å²) in [5.41, 5.74) is 6.15. The van der Waals surface area contributed by atoms with E-state index in [-0.39, 0.29) is 11.5 Å². The number of nitrogens with zero attached hydrogens (tertiary/aromatic N) is 3. The number of hydrogen-bond donors (Lipinski definition) is 2. The minimum Gasteiger partial charge on any atom is -0.369 e. The third-order valence-corrected chi connectivity index (χ3v) is 3.07. The molecule has 92 valence electrons. The van der Waals surface area contributed by atoms with Crippen molar-refractivity contribution in [3.63, 3.8) is 0 Å². The van der Waals surface area contributed by atoms with Gasteiger partial charge in [0.15, 0.2) is 11.2 Å². The van der Waals surface area contributed by atoms with Crippen LogP contribution < -0.4 is 11.3 Å². The number of anilines is 1. The van der Waals surface area contributed by atoms with Gasteiger partial charge in [0.25, 0.3) is 5.56 Å². The van der Waals surface area contributed by atoms with Crippen molar-refractivity contribution in [2.45, 2.75) is 26.7 Å². The highest BCUT2D eigenvalue weighted by Crippen LogP contribution is 2.14. The zero-order chi connectivity index (χ0) is 12.6. The first-order valence-corrected chi connectivity index (χ1v) is 5.74. The highest BCUT2D eigenvalue weighted by Gasteiger charge is 2.14. The Bertz CT molecular complexity index is 598. The predicted molar refractivity (Wildman–Crippen MR) is 66.7 cm³/mol. The van der Waals surface area contributed by atoms with E-state index in [0.29, 0.717) is 17.1 Å². The third-order valence-electron chi connectivity index (χ3n) is 3.07. The van der Waals surface area contributed by atoms with Gasteiger partial charge >= 0.3 is 0 Å². The summed E-state index contributed by atoms with van der Waals surface area (Å²) in [6, 6.07) is 0. The van der Waals surface area contributed by atoms with Crippen molar-refractivity contribution in [2.24, 2.45) is 13.0 Å². The topological polar surface area (TPSA) is 89.6 Å². The summed E-state index contributed by atoms with van der Waals surface area (Å²) in [5, 5.41) is 0. The molecule has 0 saturated carbocycles. The summed E-state index contributed by atoms with van der Waals surface area (Å²) >= 11 is 0. The molecule has 0 saturated heterocycles. The number of imidazole rings is 1. The van der Waals surface area contributed by atoms with Crippen molar-refractivity contribution in [3.8, 4) is 0 Å². The minimum absolute atomic E-state index is 0.126. The molecule has 17 heavy (non-hydrogen) atoms. The van der Waals surface area contributed by atoms with E-state index in [1.807, 2.05) is 11.6 Å². The first-order valence-electron chi connectivity index (χ1n) is 5.74. The fourth-order valence-corrected chi connectivity index (χ4v) is 1.77. The van der Waals surface area contributed by atoms with E-state index >= 15 is 0 Å². The summed E-state index contributed by atoms with van der Waals surface area (Å²) < 4.78 is 1.84. The van der Waals surface area contributed by atoms with E-state index in [1.54, 1.807) is 0 Å². The first kappa shape index (κ1) is 11.6. The average molecular weight is 235 g/mol. The summed E-state index contributed by atoms with van der Waals surface area (Å²) in [6.45, 7) is 4.29. The van der Waals surface area contributed by atoms with Crippen molar-refractivity contribution < 1.29 is 0 Å². The Morgan fingerprint density at radius 3 is 2.82 bits per heavy atom. The number of fused-ring (bicyclic) bond motifs is 1. The second-order valence-electron chi connectivity index (χ2n) is 4.43. The van der Waals surface area contributed by atoms with Crippen LogP contribution in [0, 0.1) is 5.92 Å². The molecule has 0 aliphatic rings. The second kappa shape index (κ2) is 4.20. The molecule has 2 heterocycles. The van der Waals surface area contributed by atoms with Crippen molar-refractivity contribution in [2.75, 3.05) is 5.73 Å². The molecule has 2 rings (SSSR count). The van der Waals surface area contributed by atoms with Crippen LogP contribution >= 0.6 is 0 Å². The normalized spacial score (nSPS) is 13.1. The monoisotopic (exact) mass is 235 g/mol. The fourth-order valence-electron chi connectivity index (χ4n) is 1.77. The Kier molecular flexibility index (Phi) is 2.87. The van der Waals surface area contributed by atoms with Crippen molar-refractivity contribution in [1.29, 1.82) is 0 Å². The molecule has 0 radical (unpaired) electrons. The van der Waals surface area contributed by atoms with Gasteiger partial charge in [0.05, 0.1) is 0 Å². The van der Waals surface area contributed by atoms with Crippen LogP contribution in [-0.4, -0.2) is 19.5 Å². The Labute approximate surface area is 98.9 Å². The lowest BCUT2D eigenvalue weighted by molar-refractivity contribution is 0.535. The number of nitrogens with one attached hydrogen (secondary N) is 1. The van der Waals surface area contributed by atoms with E-state index in [1.165, 1.54) is 0 Å². The van der Waals surface area contributed by atoms with Crippen LogP contribution in [0.1, 0.15) is 26.1 Å². The molecule has 1 atom stereocenters. The zero-order valence-electron chi connectivity index (χ0n) is 10.3. The molecule has 3 N–H and O–H groups in total. The minimum atomic E-state index is -0.279. The largest absolute Gasteiger partial charge is 0.369 e. The molecule has 0 spiro atoms. The van der Waals surface area contributed by atoms with Crippen molar-refractivity contribution in [3.05, 3.63) is 16.2 Å². The number of H-pyrrole nitrogens is 1.